The molecule has 0 heterocycles. The molecule has 0 bridgehead atoms. The van der Waals surface area contributed by atoms with Crippen LogP contribution in [-0.4, -0.2) is 14.2 Å². The van der Waals surface area contributed by atoms with Gasteiger partial charge in [-0.15, -0.1) is 0 Å². The van der Waals surface area contributed by atoms with Crippen molar-refractivity contribution in [3.8, 4) is 11.5 Å². The van der Waals surface area contributed by atoms with E-state index in [2.05, 4.69) is 13.0 Å². The highest BCUT2D eigenvalue weighted by atomic mass is 16.5. The predicted octanol–water partition coefficient (Wildman–Crippen LogP) is 3.05. The number of benzene rings is 1. The van der Waals surface area contributed by atoms with Gasteiger partial charge in [0, 0.05) is 0 Å². The van der Waals surface area contributed by atoms with Crippen LogP contribution in [0, 0.1) is 6.92 Å². The number of allylic oxidation sites excluding steroid dienone is 1. The molecule has 1 aromatic carbocycles. The van der Waals surface area contributed by atoms with Crippen LogP contribution in [0.1, 0.15) is 18.1 Å². The first kappa shape index (κ1) is 10.6. The molecule has 1 rings (SSSR count). The van der Waals surface area contributed by atoms with E-state index in [0.717, 1.165) is 17.1 Å². The van der Waals surface area contributed by atoms with Crippen LogP contribution in [0.3, 0.4) is 0 Å². The Balaban J connectivity index is 3.23. The molecule has 2 heteroatoms. The van der Waals surface area contributed by atoms with Crippen molar-refractivity contribution < 1.29 is 9.47 Å². The van der Waals surface area contributed by atoms with E-state index < -0.39 is 0 Å². The predicted molar refractivity (Wildman–Crippen MR) is 59.0 cm³/mol. The molecule has 14 heavy (non-hydrogen) atoms. The van der Waals surface area contributed by atoms with E-state index in [1.54, 1.807) is 14.2 Å². The van der Waals surface area contributed by atoms with Crippen molar-refractivity contribution in [2.45, 2.75) is 13.8 Å². The summed E-state index contributed by atoms with van der Waals surface area (Å²) < 4.78 is 10.4. The summed E-state index contributed by atoms with van der Waals surface area (Å²) in [6.45, 7) is 4.05. The van der Waals surface area contributed by atoms with Gasteiger partial charge in [-0.05, 0) is 37.1 Å². The average Bonchev–Trinajstić information content (AvgIpc) is 2.20. The van der Waals surface area contributed by atoms with Crippen LogP contribution in [0.2, 0.25) is 0 Å². The Kier molecular flexibility index (Phi) is 3.57. The summed E-state index contributed by atoms with van der Waals surface area (Å²) in [7, 11) is 3.29. The maximum absolute atomic E-state index is 5.22. The molecule has 1 aromatic rings. The number of rotatable bonds is 3. The number of methoxy groups -OCH3 is 2. The Labute approximate surface area is 85.2 Å². The lowest BCUT2D eigenvalue weighted by molar-refractivity contribution is 0.354. The monoisotopic (exact) mass is 192 g/mol. The molecule has 0 saturated heterocycles. The van der Waals surface area contributed by atoms with Gasteiger partial charge in [-0.2, -0.15) is 0 Å². The fourth-order valence-electron chi connectivity index (χ4n) is 1.36. The lowest BCUT2D eigenvalue weighted by Crippen LogP contribution is -1.92. The second kappa shape index (κ2) is 4.70. The van der Waals surface area contributed by atoms with E-state index in [-0.39, 0.29) is 0 Å². The van der Waals surface area contributed by atoms with Gasteiger partial charge in [0.2, 0.25) is 0 Å². The van der Waals surface area contributed by atoms with E-state index in [1.165, 1.54) is 5.56 Å². The highest BCUT2D eigenvalue weighted by molar-refractivity contribution is 5.59. The van der Waals surface area contributed by atoms with Crippen molar-refractivity contribution >= 4 is 6.08 Å². The number of ether oxygens (including phenoxy) is 2. The molecule has 0 aliphatic heterocycles. The van der Waals surface area contributed by atoms with E-state index >= 15 is 0 Å². The molecule has 0 N–H and O–H groups in total. The molecule has 0 atom stereocenters. The van der Waals surface area contributed by atoms with Crippen molar-refractivity contribution in [1.82, 2.24) is 0 Å². The maximum atomic E-state index is 5.22. The van der Waals surface area contributed by atoms with Gasteiger partial charge in [-0.3, -0.25) is 0 Å². The second-order valence-electron chi connectivity index (χ2n) is 3.06. The summed E-state index contributed by atoms with van der Waals surface area (Å²) in [5, 5.41) is 0. The molecule has 0 radical (unpaired) electrons. The van der Waals surface area contributed by atoms with Crippen molar-refractivity contribution in [1.29, 1.82) is 0 Å². The van der Waals surface area contributed by atoms with Crippen LogP contribution in [-0.2, 0) is 0 Å². The smallest absolute Gasteiger partial charge is 0.161 e. The largest absolute Gasteiger partial charge is 0.493 e. The zero-order chi connectivity index (χ0) is 10.6. The highest BCUT2D eigenvalue weighted by Gasteiger charge is 2.05. The quantitative estimate of drug-likeness (QED) is 0.732. The Morgan fingerprint density at radius 1 is 1.07 bits per heavy atom. The highest BCUT2D eigenvalue weighted by Crippen LogP contribution is 2.30. The van der Waals surface area contributed by atoms with Gasteiger partial charge in [0.05, 0.1) is 14.2 Å². The van der Waals surface area contributed by atoms with Crippen LogP contribution in [0.15, 0.2) is 18.2 Å². The van der Waals surface area contributed by atoms with Gasteiger partial charge >= 0.3 is 0 Å². The Bertz CT molecular complexity index is 340. The van der Waals surface area contributed by atoms with E-state index in [1.807, 2.05) is 25.1 Å². The molecule has 0 unspecified atom stereocenters. The normalized spacial score (nSPS) is 10.6. The van der Waals surface area contributed by atoms with Gasteiger partial charge in [0.1, 0.15) is 0 Å². The van der Waals surface area contributed by atoms with E-state index in [9.17, 15) is 0 Å². The van der Waals surface area contributed by atoms with Crippen molar-refractivity contribution in [2.75, 3.05) is 14.2 Å². The lowest BCUT2D eigenvalue weighted by atomic mass is 10.1. The molecular weight excluding hydrogens is 176 g/mol. The standard InChI is InChI=1S/C12H16O2/c1-5-6-10-8-12(14-4)11(13-3)7-9(10)2/h5-8H,1-4H3/b6-5-. The molecular formula is C12H16O2. The molecule has 2 nitrogen and oxygen atoms in total. The number of hydrogen-bond acceptors (Lipinski definition) is 2. The molecule has 0 aliphatic carbocycles. The van der Waals surface area contributed by atoms with Crippen LogP contribution in [0.25, 0.3) is 6.08 Å². The van der Waals surface area contributed by atoms with Crippen LogP contribution < -0.4 is 9.47 Å². The molecule has 0 amide bonds. The van der Waals surface area contributed by atoms with Crippen molar-refractivity contribution in [2.24, 2.45) is 0 Å². The fraction of sp³-hybridized carbons (Fsp3) is 0.333. The minimum absolute atomic E-state index is 0.770. The zero-order valence-electron chi connectivity index (χ0n) is 9.13. The first-order valence-corrected chi connectivity index (χ1v) is 4.58. The van der Waals surface area contributed by atoms with E-state index in [0.29, 0.717) is 0 Å². The Hall–Kier alpha value is -1.44. The molecule has 0 aromatic heterocycles. The first-order valence-electron chi connectivity index (χ1n) is 4.58. The Morgan fingerprint density at radius 2 is 1.64 bits per heavy atom. The summed E-state index contributed by atoms with van der Waals surface area (Å²) in [5.74, 6) is 1.55. The third-order valence-corrected chi connectivity index (χ3v) is 2.12. The summed E-state index contributed by atoms with van der Waals surface area (Å²) in [6.07, 6.45) is 4.06. The summed E-state index contributed by atoms with van der Waals surface area (Å²) in [6, 6.07) is 3.96. The molecule has 0 spiro atoms. The van der Waals surface area contributed by atoms with Gasteiger partial charge in [-0.25, -0.2) is 0 Å². The average molecular weight is 192 g/mol. The Morgan fingerprint density at radius 3 is 2.14 bits per heavy atom. The number of hydrogen-bond donors (Lipinski definition) is 0. The minimum Gasteiger partial charge on any atom is -0.493 e. The summed E-state index contributed by atoms with van der Waals surface area (Å²) in [4.78, 5) is 0. The fourth-order valence-corrected chi connectivity index (χ4v) is 1.36. The second-order valence-corrected chi connectivity index (χ2v) is 3.06. The molecule has 76 valence electrons. The van der Waals surface area contributed by atoms with Crippen LogP contribution in [0.5, 0.6) is 11.5 Å². The first-order chi connectivity index (χ1) is 6.72. The summed E-state index contributed by atoms with van der Waals surface area (Å²) >= 11 is 0. The molecule has 0 fully saturated rings. The third kappa shape index (κ3) is 2.08. The topological polar surface area (TPSA) is 18.5 Å². The van der Waals surface area contributed by atoms with Gasteiger partial charge in [-0.1, -0.05) is 12.2 Å². The molecule has 0 saturated carbocycles. The van der Waals surface area contributed by atoms with Crippen LogP contribution in [0.4, 0.5) is 0 Å². The maximum Gasteiger partial charge on any atom is 0.161 e. The summed E-state index contributed by atoms with van der Waals surface area (Å²) in [5.41, 5.74) is 2.34. The molecule has 0 aliphatic rings. The SMILES string of the molecule is C/C=C\c1cc(OC)c(OC)cc1C. The van der Waals surface area contributed by atoms with Gasteiger partial charge in [0.15, 0.2) is 11.5 Å². The lowest BCUT2D eigenvalue weighted by Gasteiger charge is -2.10. The van der Waals surface area contributed by atoms with Gasteiger partial charge in [0.25, 0.3) is 0 Å². The van der Waals surface area contributed by atoms with Crippen molar-refractivity contribution in [3.05, 3.63) is 29.3 Å². The third-order valence-electron chi connectivity index (χ3n) is 2.12. The van der Waals surface area contributed by atoms with Crippen molar-refractivity contribution in [3.63, 3.8) is 0 Å². The van der Waals surface area contributed by atoms with Crippen LogP contribution >= 0.6 is 0 Å². The van der Waals surface area contributed by atoms with E-state index in [4.69, 9.17) is 9.47 Å². The van der Waals surface area contributed by atoms with Gasteiger partial charge < -0.3 is 9.47 Å². The number of aryl methyl sites for hydroxylation is 1. The zero-order valence-corrected chi connectivity index (χ0v) is 9.13. The minimum atomic E-state index is 0.770.